The first kappa shape index (κ1) is 10.9. The topological polar surface area (TPSA) is 40.5 Å². The Kier molecular flexibility index (Phi) is 3.25. The van der Waals surface area contributed by atoms with E-state index in [1.165, 1.54) is 0 Å². The van der Waals surface area contributed by atoms with Gasteiger partial charge in [-0.25, -0.2) is 0 Å². The third-order valence-electron chi connectivity index (χ3n) is 2.55. The fourth-order valence-electron chi connectivity index (χ4n) is 1.73. The molecule has 1 atom stereocenters. The predicted molar refractivity (Wildman–Crippen MR) is 65.7 cm³/mol. The number of halogens is 1. The van der Waals surface area contributed by atoms with E-state index in [2.05, 4.69) is 22.6 Å². The highest BCUT2D eigenvalue weighted by molar-refractivity contribution is 14.1. The van der Waals surface area contributed by atoms with Crippen LogP contribution in [0.4, 0.5) is 0 Å². The lowest BCUT2D eigenvalue weighted by Gasteiger charge is -2.16. The molecule has 0 aromatic heterocycles. The summed E-state index contributed by atoms with van der Waals surface area (Å²) in [5.74, 6) is 0.0246. The highest BCUT2D eigenvalue weighted by Gasteiger charge is 2.26. The molecule has 80 valence electrons. The van der Waals surface area contributed by atoms with Gasteiger partial charge in [-0.2, -0.15) is 0 Å². The van der Waals surface area contributed by atoms with E-state index in [0.29, 0.717) is 19.5 Å². The second-order valence-electron chi connectivity index (χ2n) is 3.67. The van der Waals surface area contributed by atoms with Gasteiger partial charge in [0.2, 0.25) is 0 Å². The summed E-state index contributed by atoms with van der Waals surface area (Å²) in [6.07, 6.45) is 0.338. The minimum atomic E-state index is -0.352. The van der Waals surface area contributed by atoms with E-state index < -0.39 is 0 Å². The fourth-order valence-corrected chi connectivity index (χ4v) is 2.35. The van der Waals surface area contributed by atoms with Crippen molar-refractivity contribution in [2.24, 2.45) is 0 Å². The Morgan fingerprint density at radius 3 is 2.80 bits per heavy atom. The molecule has 1 N–H and O–H groups in total. The molecule has 15 heavy (non-hydrogen) atoms. The molecule has 0 spiro atoms. The van der Waals surface area contributed by atoms with Gasteiger partial charge in [-0.05, 0) is 41.1 Å². The van der Waals surface area contributed by atoms with Gasteiger partial charge >= 0.3 is 0 Å². The van der Waals surface area contributed by atoms with E-state index in [0.717, 1.165) is 9.13 Å². The summed E-state index contributed by atoms with van der Waals surface area (Å²) in [6, 6.07) is 7.52. The normalized spacial score (nSPS) is 20.7. The van der Waals surface area contributed by atoms with Crippen molar-refractivity contribution in [3.63, 3.8) is 0 Å². The lowest BCUT2D eigenvalue weighted by Crippen LogP contribution is -2.30. The first-order valence-electron chi connectivity index (χ1n) is 4.90. The van der Waals surface area contributed by atoms with Crippen molar-refractivity contribution in [2.75, 3.05) is 13.1 Å². The standard InChI is InChI=1S/C11H12INO2/c12-10-4-2-1-3-9(10)11(15)13-6-5-8(14)7-13/h1-4,8,14H,5-7H2. The van der Waals surface area contributed by atoms with Crippen LogP contribution in [0.2, 0.25) is 0 Å². The van der Waals surface area contributed by atoms with Crippen LogP contribution in [0.25, 0.3) is 0 Å². The molecule has 0 bridgehead atoms. The molecular weight excluding hydrogens is 305 g/mol. The zero-order chi connectivity index (χ0) is 10.8. The molecule has 3 nitrogen and oxygen atoms in total. The van der Waals surface area contributed by atoms with Crippen LogP contribution < -0.4 is 0 Å². The molecule has 0 aliphatic carbocycles. The SMILES string of the molecule is O=C(c1ccccc1I)N1CCC(O)C1. The molecule has 0 radical (unpaired) electrons. The van der Waals surface area contributed by atoms with Gasteiger partial charge in [-0.1, -0.05) is 12.1 Å². The highest BCUT2D eigenvalue weighted by Crippen LogP contribution is 2.17. The number of likely N-dealkylation sites (tertiary alicyclic amines) is 1. The fraction of sp³-hybridized carbons (Fsp3) is 0.364. The first-order valence-corrected chi connectivity index (χ1v) is 5.98. The summed E-state index contributed by atoms with van der Waals surface area (Å²) < 4.78 is 0.960. The molecule has 1 aromatic carbocycles. The average Bonchev–Trinajstić information content (AvgIpc) is 2.65. The predicted octanol–water partition coefficient (Wildman–Crippen LogP) is 1.50. The number of hydrogen-bond donors (Lipinski definition) is 1. The maximum atomic E-state index is 12.0. The van der Waals surface area contributed by atoms with Crippen LogP contribution in [0, 0.1) is 3.57 Å². The molecule has 4 heteroatoms. The zero-order valence-corrected chi connectivity index (χ0v) is 10.3. The van der Waals surface area contributed by atoms with E-state index >= 15 is 0 Å². The third-order valence-corrected chi connectivity index (χ3v) is 3.50. The molecular formula is C11H12INO2. The number of amides is 1. The van der Waals surface area contributed by atoms with Crippen LogP contribution in [0.5, 0.6) is 0 Å². The van der Waals surface area contributed by atoms with Gasteiger partial charge in [0.15, 0.2) is 0 Å². The smallest absolute Gasteiger partial charge is 0.255 e. The van der Waals surface area contributed by atoms with Gasteiger partial charge in [0.1, 0.15) is 0 Å². The van der Waals surface area contributed by atoms with Crippen LogP contribution in [-0.2, 0) is 0 Å². The number of nitrogens with zero attached hydrogens (tertiary/aromatic N) is 1. The summed E-state index contributed by atoms with van der Waals surface area (Å²) in [7, 11) is 0. The Balaban J connectivity index is 2.18. The highest BCUT2D eigenvalue weighted by atomic mass is 127. The van der Waals surface area contributed by atoms with Crippen molar-refractivity contribution in [3.05, 3.63) is 33.4 Å². The Morgan fingerprint density at radius 2 is 2.20 bits per heavy atom. The number of aliphatic hydroxyl groups excluding tert-OH is 1. The molecule has 1 aliphatic rings. The molecule has 1 aromatic rings. The summed E-state index contributed by atoms with van der Waals surface area (Å²) in [4.78, 5) is 13.7. The van der Waals surface area contributed by atoms with Crippen LogP contribution >= 0.6 is 22.6 Å². The molecule has 1 saturated heterocycles. The molecule has 1 unspecified atom stereocenters. The van der Waals surface area contributed by atoms with Crippen molar-refractivity contribution in [1.82, 2.24) is 4.90 Å². The molecule has 1 fully saturated rings. The minimum absolute atomic E-state index is 0.0246. The van der Waals surface area contributed by atoms with Crippen molar-refractivity contribution in [3.8, 4) is 0 Å². The Bertz CT molecular complexity index is 381. The van der Waals surface area contributed by atoms with E-state index in [4.69, 9.17) is 0 Å². The van der Waals surface area contributed by atoms with Crippen molar-refractivity contribution < 1.29 is 9.90 Å². The van der Waals surface area contributed by atoms with Gasteiger partial charge < -0.3 is 10.0 Å². The third kappa shape index (κ3) is 2.31. The van der Waals surface area contributed by atoms with Crippen molar-refractivity contribution >= 4 is 28.5 Å². The second kappa shape index (κ2) is 4.49. The minimum Gasteiger partial charge on any atom is -0.391 e. The van der Waals surface area contributed by atoms with Crippen LogP contribution in [0.1, 0.15) is 16.8 Å². The summed E-state index contributed by atoms with van der Waals surface area (Å²) in [5.41, 5.74) is 0.729. The van der Waals surface area contributed by atoms with Gasteiger partial charge in [-0.15, -0.1) is 0 Å². The summed E-state index contributed by atoms with van der Waals surface area (Å²) in [6.45, 7) is 1.12. The number of β-amino-alcohol motifs (C(OH)–C–C–N with tert-alkyl or cyclic N) is 1. The summed E-state index contributed by atoms with van der Waals surface area (Å²) in [5, 5.41) is 9.37. The van der Waals surface area contributed by atoms with Crippen LogP contribution in [-0.4, -0.2) is 35.1 Å². The largest absolute Gasteiger partial charge is 0.391 e. The maximum Gasteiger partial charge on any atom is 0.255 e. The monoisotopic (exact) mass is 317 g/mol. The molecule has 2 rings (SSSR count). The Hall–Kier alpha value is -0.620. The molecule has 1 aliphatic heterocycles. The van der Waals surface area contributed by atoms with Crippen molar-refractivity contribution in [1.29, 1.82) is 0 Å². The van der Waals surface area contributed by atoms with Gasteiger partial charge in [0.25, 0.3) is 5.91 Å². The first-order chi connectivity index (χ1) is 7.18. The number of hydrogen-bond acceptors (Lipinski definition) is 2. The molecule has 1 amide bonds. The Labute approximate surface area is 102 Å². The quantitative estimate of drug-likeness (QED) is 0.798. The number of rotatable bonds is 1. The number of carbonyl (C=O) groups is 1. The van der Waals surface area contributed by atoms with E-state index in [-0.39, 0.29) is 12.0 Å². The second-order valence-corrected chi connectivity index (χ2v) is 4.84. The lowest BCUT2D eigenvalue weighted by atomic mass is 10.2. The van der Waals surface area contributed by atoms with Gasteiger partial charge in [0, 0.05) is 16.7 Å². The summed E-state index contributed by atoms with van der Waals surface area (Å²) >= 11 is 2.16. The van der Waals surface area contributed by atoms with Gasteiger partial charge in [-0.3, -0.25) is 4.79 Å². The number of benzene rings is 1. The number of carbonyl (C=O) groups excluding carboxylic acids is 1. The number of aliphatic hydroxyl groups is 1. The average molecular weight is 317 g/mol. The van der Waals surface area contributed by atoms with Crippen LogP contribution in [0.3, 0.4) is 0 Å². The Morgan fingerprint density at radius 1 is 1.47 bits per heavy atom. The van der Waals surface area contributed by atoms with Crippen LogP contribution in [0.15, 0.2) is 24.3 Å². The van der Waals surface area contributed by atoms with E-state index in [1.807, 2.05) is 24.3 Å². The van der Waals surface area contributed by atoms with E-state index in [1.54, 1.807) is 4.90 Å². The lowest BCUT2D eigenvalue weighted by molar-refractivity contribution is 0.0764. The van der Waals surface area contributed by atoms with E-state index in [9.17, 15) is 9.90 Å². The van der Waals surface area contributed by atoms with Gasteiger partial charge in [0.05, 0.1) is 11.7 Å². The molecule has 0 saturated carbocycles. The molecule has 1 heterocycles. The van der Waals surface area contributed by atoms with Crippen molar-refractivity contribution in [2.45, 2.75) is 12.5 Å². The maximum absolute atomic E-state index is 12.0. The zero-order valence-electron chi connectivity index (χ0n) is 8.19.